The first-order chi connectivity index (χ1) is 9.94. The summed E-state index contributed by atoms with van der Waals surface area (Å²) in [6, 6.07) is 8.23. The molecule has 1 aromatic carbocycles. The fourth-order valence-corrected chi connectivity index (χ4v) is 3.98. The van der Waals surface area contributed by atoms with Gasteiger partial charge in [0.05, 0.1) is 12.7 Å². The molecule has 0 aliphatic heterocycles. The maximum atomic E-state index is 11.2. The molecule has 3 atom stereocenters. The monoisotopic (exact) mass is 290 g/mol. The molecule has 0 spiro atoms. The van der Waals surface area contributed by atoms with Crippen LogP contribution >= 0.6 is 0 Å². The van der Waals surface area contributed by atoms with E-state index in [0.717, 1.165) is 31.4 Å². The van der Waals surface area contributed by atoms with E-state index in [1.54, 1.807) is 7.11 Å². The summed E-state index contributed by atoms with van der Waals surface area (Å²) in [5, 5.41) is 11.2. The van der Waals surface area contributed by atoms with Crippen molar-refractivity contribution in [1.82, 2.24) is 0 Å². The van der Waals surface area contributed by atoms with Crippen molar-refractivity contribution >= 4 is 0 Å². The first-order valence-corrected chi connectivity index (χ1v) is 8.30. The van der Waals surface area contributed by atoms with Crippen LogP contribution < -0.4 is 4.74 Å². The van der Waals surface area contributed by atoms with Gasteiger partial charge in [-0.2, -0.15) is 0 Å². The molecule has 1 aromatic rings. The number of rotatable bonds is 5. The third kappa shape index (κ3) is 4.00. The second-order valence-electron chi connectivity index (χ2n) is 7.19. The van der Waals surface area contributed by atoms with E-state index < -0.39 is 5.60 Å². The highest BCUT2D eigenvalue weighted by molar-refractivity contribution is 5.27. The lowest BCUT2D eigenvalue weighted by Gasteiger charge is -2.45. The van der Waals surface area contributed by atoms with Crippen molar-refractivity contribution in [3.8, 4) is 5.75 Å². The maximum Gasteiger partial charge on any atom is 0.118 e. The predicted molar refractivity (Wildman–Crippen MR) is 87.6 cm³/mol. The summed E-state index contributed by atoms with van der Waals surface area (Å²) >= 11 is 0. The summed E-state index contributed by atoms with van der Waals surface area (Å²) in [7, 11) is 1.69. The van der Waals surface area contributed by atoms with Gasteiger partial charge in [-0.3, -0.25) is 0 Å². The molecule has 2 heteroatoms. The van der Waals surface area contributed by atoms with Crippen LogP contribution in [0.5, 0.6) is 5.75 Å². The molecule has 0 aromatic heterocycles. The van der Waals surface area contributed by atoms with E-state index in [2.05, 4.69) is 32.9 Å². The summed E-state index contributed by atoms with van der Waals surface area (Å²) in [5.41, 5.74) is 0.788. The van der Waals surface area contributed by atoms with Crippen molar-refractivity contribution in [2.75, 3.05) is 7.11 Å². The number of hydrogen-bond acceptors (Lipinski definition) is 2. The molecule has 1 N–H and O–H groups in total. The Morgan fingerprint density at radius 1 is 1.24 bits per heavy atom. The van der Waals surface area contributed by atoms with Crippen LogP contribution in [0.2, 0.25) is 0 Å². The fraction of sp³-hybridized carbons (Fsp3) is 0.684. The molecule has 1 fully saturated rings. The second-order valence-corrected chi connectivity index (χ2v) is 7.19. The Labute approximate surface area is 129 Å². The molecule has 0 bridgehead atoms. The minimum absolute atomic E-state index is 0.437. The van der Waals surface area contributed by atoms with E-state index in [0.29, 0.717) is 17.8 Å². The van der Waals surface area contributed by atoms with Gasteiger partial charge in [-0.05, 0) is 61.1 Å². The number of ether oxygens (including phenoxy) is 1. The first-order valence-electron chi connectivity index (χ1n) is 8.30. The molecular formula is C19H30O2. The van der Waals surface area contributed by atoms with E-state index in [4.69, 9.17) is 4.74 Å². The van der Waals surface area contributed by atoms with Crippen LogP contribution in [0.15, 0.2) is 24.3 Å². The Balaban J connectivity index is 2.03. The summed E-state index contributed by atoms with van der Waals surface area (Å²) in [4.78, 5) is 0. The van der Waals surface area contributed by atoms with Gasteiger partial charge in [-0.25, -0.2) is 0 Å². The smallest absolute Gasteiger partial charge is 0.118 e. The number of hydrogen-bond donors (Lipinski definition) is 1. The van der Waals surface area contributed by atoms with Gasteiger partial charge < -0.3 is 9.84 Å². The van der Waals surface area contributed by atoms with E-state index in [1.807, 2.05) is 12.1 Å². The summed E-state index contributed by atoms with van der Waals surface area (Å²) < 4.78 is 5.20. The normalized spacial score (nSPS) is 29.6. The largest absolute Gasteiger partial charge is 0.497 e. The third-order valence-electron chi connectivity index (χ3n) is 5.17. The van der Waals surface area contributed by atoms with Gasteiger partial charge in [-0.1, -0.05) is 39.3 Å². The van der Waals surface area contributed by atoms with Gasteiger partial charge in [0, 0.05) is 0 Å². The second kappa shape index (κ2) is 6.83. The Kier molecular flexibility index (Phi) is 5.32. The minimum atomic E-state index is -0.494. The molecule has 0 heterocycles. The Hall–Kier alpha value is -1.02. The highest BCUT2D eigenvalue weighted by Crippen LogP contribution is 2.43. The van der Waals surface area contributed by atoms with Gasteiger partial charge in [0.25, 0.3) is 0 Å². The number of aryl methyl sites for hydroxylation is 1. The Morgan fingerprint density at radius 2 is 1.90 bits per heavy atom. The van der Waals surface area contributed by atoms with Crippen LogP contribution in [0.4, 0.5) is 0 Å². The minimum Gasteiger partial charge on any atom is -0.497 e. The van der Waals surface area contributed by atoms with Crippen molar-refractivity contribution in [2.24, 2.45) is 17.8 Å². The standard InChI is InChI=1S/C19H30O2/c1-14(2)18-10-5-15(3)13-19(18,20)12-11-16-6-8-17(21-4)9-7-16/h6-9,14-15,18,20H,5,10-13H2,1-4H3. The van der Waals surface area contributed by atoms with Crippen LogP contribution in [0.3, 0.4) is 0 Å². The summed E-state index contributed by atoms with van der Waals surface area (Å²) in [6.07, 6.45) is 5.18. The molecule has 2 nitrogen and oxygen atoms in total. The topological polar surface area (TPSA) is 29.5 Å². The summed E-state index contributed by atoms with van der Waals surface area (Å²) in [5.74, 6) is 2.52. The van der Waals surface area contributed by atoms with Crippen molar-refractivity contribution < 1.29 is 9.84 Å². The molecule has 3 unspecified atom stereocenters. The van der Waals surface area contributed by atoms with Crippen LogP contribution in [0.1, 0.15) is 52.0 Å². The van der Waals surface area contributed by atoms with Crippen LogP contribution in [-0.2, 0) is 6.42 Å². The number of aliphatic hydroxyl groups is 1. The van der Waals surface area contributed by atoms with Gasteiger partial charge in [-0.15, -0.1) is 0 Å². The highest BCUT2D eigenvalue weighted by Gasteiger charge is 2.42. The molecule has 1 saturated carbocycles. The van der Waals surface area contributed by atoms with Gasteiger partial charge >= 0.3 is 0 Å². The van der Waals surface area contributed by atoms with E-state index in [-0.39, 0.29) is 0 Å². The number of benzene rings is 1. The number of methoxy groups -OCH3 is 1. The Morgan fingerprint density at radius 3 is 2.48 bits per heavy atom. The molecule has 1 aliphatic carbocycles. The molecule has 2 rings (SSSR count). The highest BCUT2D eigenvalue weighted by atomic mass is 16.5. The average molecular weight is 290 g/mol. The molecule has 1 aliphatic rings. The van der Waals surface area contributed by atoms with Gasteiger partial charge in [0.1, 0.15) is 5.75 Å². The van der Waals surface area contributed by atoms with Crippen molar-refractivity contribution in [3.63, 3.8) is 0 Å². The van der Waals surface area contributed by atoms with Crippen LogP contribution in [0, 0.1) is 17.8 Å². The summed E-state index contributed by atoms with van der Waals surface area (Å²) in [6.45, 7) is 6.77. The first kappa shape index (κ1) is 16.4. The van der Waals surface area contributed by atoms with Crippen molar-refractivity contribution in [2.45, 2.75) is 58.5 Å². The zero-order chi connectivity index (χ0) is 15.5. The predicted octanol–water partition coefficient (Wildman–Crippen LogP) is 4.45. The molecule has 118 valence electrons. The van der Waals surface area contributed by atoms with Crippen LogP contribution in [0.25, 0.3) is 0 Å². The third-order valence-corrected chi connectivity index (χ3v) is 5.17. The molecule has 21 heavy (non-hydrogen) atoms. The van der Waals surface area contributed by atoms with Crippen LogP contribution in [-0.4, -0.2) is 17.8 Å². The van der Waals surface area contributed by atoms with E-state index in [1.165, 1.54) is 12.0 Å². The molecular weight excluding hydrogens is 260 g/mol. The quantitative estimate of drug-likeness (QED) is 0.868. The van der Waals surface area contributed by atoms with Gasteiger partial charge in [0.2, 0.25) is 0 Å². The molecule has 0 amide bonds. The van der Waals surface area contributed by atoms with E-state index in [9.17, 15) is 5.11 Å². The zero-order valence-corrected chi connectivity index (χ0v) is 13.9. The SMILES string of the molecule is COc1ccc(CCC2(O)CC(C)CCC2C(C)C)cc1. The molecule has 0 radical (unpaired) electrons. The van der Waals surface area contributed by atoms with Gasteiger partial charge in [0.15, 0.2) is 0 Å². The van der Waals surface area contributed by atoms with Crippen molar-refractivity contribution in [3.05, 3.63) is 29.8 Å². The Bertz CT molecular complexity index is 437. The van der Waals surface area contributed by atoms with Crippen molar-refractivity contribution in [1.29, 1.82) is 0 Å². The average Bonchev–Trinajstić information content (AvgIpc) is 2.45. The zero-order valence-electron chi connectivity index (χ0n) is 13.9. The molecule has 0 saturated heterocycles. The maximum absolute atomic E-state index is 11.2. The lowest BCUT2D eigenvalue weighted by Crippen LogP contribution is -2.45. The fourth-order valence-electron chi connectivity index (χ4n) is 3.98. The van der Waals surface area contributed by atoms with E-state index >= 15 is 0 Å². The lowest BCUT2D eigenvalue weighted by molar-refractivity contribution is -0.0855. The lowest BCUT2D eigenvalue weighted by atomic mass is 9.65.